The molecule has 0 bridgehead atoms. The van der Waals surface area contributed by atoms with Gasteiger partial charge in [-0.15, -0.1) is 0 Å². The van der Waals surface area contributed by atoms with Gasteiger partial charge < -0.3 is 20.4 Å². The highest BCUT2D eigenvalue weighted by Crippen LogP contribution is 2.30. The highest BCUT2D eigenvalue weighted by atomic mass is 35.5. The third-order valence-electron chi connectivity index (χ3n) is 5.59. The number of carbonyl (C=O) groups excluding carboxylic acids is 2. The standard InChI is InChI=1S/C25H23Cl2FN4O2/c26-21-2-1-3-22(27)24(21)30-25(34)29-19-8-10-20(11-9-19)31-12-14-32(15-13-31)23(33)16-17-4-6-18(28)7-5-17/h1-11H,12-16H2,(H2,29,30,34). The molecular weight excluding hydrogens is 478 g/mol. The van der Waals surface area contributed by atoms with Crippen LogP contribution in [0.25, 0.3) is 0 Å². The van der Waals surface area contributed by atoms with Gasteiger partial charge in [0.05, 0.1) is 22.2 Å². The Labute approximate surface area is 207 Å². The molecule has 3 aromatic carbocycles. The Hall–Kier alpha value is -3.29. The van der Waals surface area contributed by atoms with Crippen LogP contribution in [0.3, 0.4) is 0 Å². The fourth-order valence-electron chi connectivity index (χ4n) is 3.75. The molecule has 3 amide bonds. The van der Waals surface area contributed by atoms with Crippen LogP contribution in [-0.4, -0.2) is 43.0 Å². The summed E-state index contributed by atoms with van der Waals surface area (Å²) >= 11 is 12.2. The first kappa shape index (κ1) is 23.9. The van der Waals surface area contributed by atoms with Crippen LogP contribution in [-0.2, 0) is 11.2 Å². The molecule has 1 saturated heterocycles. The molecule has 0 saturated carbocycles. The van der Waals surface area contributed by atoms with Crippen molar-refractivity contribution in [3.05, 3.63) is 88.2 Å². The van der Waals surface area contributed by atoms with Gasteiger partial charge in [0.1, 0.15) is 5.82 Å². The first-order valence-electron chi connectivity index (χ1n) is 10.8. The Bertz CT molecular complexity index is 1140. The number of amides is 3. The van der Waals surface area contributed by atoms with Crippen LogP contribution in [0, 0.1) is 5.82 Å². The van der Waals surface area contributed by atoms with Gasteiger partial charge in [-0.3, -0.25) is 4.79 Å². The Balaban J connectivity index is 1.27. The predicted molar refractivity (Wildman–Crippen MR) is 134 cm³/mol. The van der Waals surface area contributed by atoms with Crippen LogP contribution >= 0.6 is 23.2 Å². The molecule has 1 heterocycles. The molecule has 34 heavy (non-hydrogen) atoms. The molecular formula is C25H23Cl2FN4O2. The molecule has 176 valence electrons. The molecule has 1 fully saturated rings. The minimum Gasteiger partial charge on any atom is -0.368 e. The van der Waals surface area contributed by atoms with E-state index in [1.807, 2.05) is 29.2 Å². The number of carbonyl (C=O) groups is 2. The van der Waals surface area contributed by atoms with Gasteiger partial charge in [-0.05, 0) is 54.1 Å². The van der Waals surface area contributed by atoms with Crippen LogP contribution in [0.15, 0.2) is 66.7 Å². The molecule has 0 unspecified atom stereocenters. The predicted octanol–water partition coefficient (Wildman–Crippen LogP) is 5.67. The molecule has 4 rings (SSSR count). The van der Waals surface area contributed by atoms with Gasteiger partial charge in [-0.1, -0.05) is 41.4 Å². The van der Waals surface area contributed by atoms with Crippen LogP contribution in [0.1, 0.15) is 5.56 Å². The second-order valence-electron chi connectivity index (χ2n) is 7.89. The largest absolute Gasteiger partial charge is 0.368 e. The molecule has 6 nitrogen and oxygen atoms in total. The summed E-state index contributed by atoms with van der Waals surface area (Å²) in [4.78, 5) is 28.9. The number of halogens is 3. The first-order valence-corrected chi connectivity index (χ1v) is 11.5. The molecule has 2 N–H and O–H groups in total. The summed E-state index contributed by atoms with van der Waals surface area (Å²) in [5.41, 5.74) is 2.79. The van der Waals surface area contributed by atoms with E-state index in [2.05, 4.69) is 15.5 Å². The maximum atomic E-state index is 13.1. The third-order valence-corrected chi connectivity index (χ3v) is 6.22. The number of piperazine rings is 1. The fourth-order valence-corrected chi connectivity index (χ4v) is 4.24. The molecule has 0 aromatic heterocycles. The van der Waals surface area contributed by atoms with Crippen molar-refractivity contribution >= 4 is 52.2 Å². The summed E-state index contributed by atoms with van der Waals surface area (Å²) in [5.74, 6) is -0.271. The fraction of sp³-hybridized carbons (Fsp3) is 0.200. The second kappa shape index (κ2) is 10.8. The van der Waals surface area contributed by atoms with Crippen molar-refractivity contribution in [1.29, 1.82) is 0 Å². The quantitative estimate of drug-likeness (QED) is 0.474. The van der Waals surface area contributed by atoms with E-state index in [1.165, 1.54) is 12.1 Å². The normalized spacial score (nSPS) is 13.5. The van der Waals surface area contributed by atoms with Crippen molar-refractivity contribution < 1.29 is 14.0 Å². The molecule has 1 aliphatic heterocycles. The minimum absolute atomic E-state index is 0.0374. The van der Waals surface area contributed by atoms with Crippen LogP contribution in [0.2, 0.25) is 10.0 Å². The lowest BCUT2D eigenvalue weighted by Gasteiger charge is -2.36. The zero-order valence-corrected chi connectivity index (χ0v) is 19.7. The summed E-state index contributed by atoms with van der Waals surface area (Å²) in [6.45, 7) is 2.63. The SMILES string of the molecule is O=C(Nc1ccc(N2CCN(C(=O)Cc3ccc(F)cc3)CC2)cc1)Nc1c(Cl)cccc1Cl. The summed E-state index contributed by atoms with van der Waals surface area (Å²) < 4.78 is 13.1. The topological polar surface area (TPSA) is 64.7 Å². The molecule has 0 atom stereocenters. The molecule has 0 aliphatic carbocycles. The number of nitrogens with one attached hydrogen (secondary N) is 2. The highest BCUT2D eigenvalue weighted by molar-refractivity contribution is 6.39. The first-order chi connectivity index (χ1) is 16.4. The average Bonchev–Trinajstić information content (AvgIpc) is 2.83. The van der Waals surface area contributed by atoms with Gasteiger partial charge >= 0.3 is 6.03 Å². The number of rotatable bonds is 5. The number of para-hydroxylation sites is 1. The van der Waals surface area contributed by atoms with Crippen molar-refractivity contribution in [2.75, 3.05) is 41.7 Å². The van der Waals surface area contributed by atoms with Gasteiger partial charge in [-0.25, -0.2) is 9.18 Å². The second-order valence-corrected chi connectivity index (χ2v) is 8.71. The summed E-state index contributed by atoms with van der Waals surface area (Å²) in [6.07, 6.45) is 0.266. The minimum atomic E-state index is -0.448. The Morgan fingerprint density at radius 2 is 1.44 bits per heavy atom. The van der Waals surface area contributed by atoms with Gasteiger partial charge in [0.2, 0.25) is 5.91 Å². The van der Waals surface area contributed by atoms with Crippen LogP contribution in [0.5, 0.6) is 0 Å². The number of benzene rings is 3. The zero-order valence-electron chi connectivity index (χ0n) is 18.2. The number of hydrogen-bond donors (Lipinski definition) is 2. The van der Waals surface area contributed by atoms with E-state index in [-0.39, 0.29) is 18.1 Å². The zero-order chi connectivity index (χ0) is 24.1. The van der Waals surface area contributed by atoms with E-state index in [1.54, 1.807) is 30.3 Å². The van der Waals surface area contributed by atoms with E-state index < -0.39 is 6.03 Å². The maximum Gasteiger partial charge on any atom is 0.323 e. The van der Waals surface area contributed by atoms with Crippen molar-refractivity contribution in [2.24, 2.45) is 0 Å². The average molecular weight is 501 g/mol. The smallest absolute Gasteiger partial charge is 0.323 e. The molecule has 0 spiro atoms. The highest BCUT2D eigenvalue weighted by Gasteiger charge is 2.21. The summed E-state index contributed by atoms with van der Waals surface area (Å²) in [5, 5.41) is 6.13. The molecule has 3 aromatic rings. The Morgan fingerprint density at radius 1 is 0.824 bits per heavy atom. The van der Waals surface area contributed by atoms with Crippen molar-refractivity contribution in [2.45, 2.75) is 6.42 Å². The summed E-state index contributed by atoms with van der Waals surface area (Å²) in [7, 11) is 0. The van der Waals surface area contributed by atoms with Gasteiger partial charge in [0.15, 0.2) is 0 Å². The lowest BCUT2D eigenvalue weighted by atomic mass is 10.1. The number of nitrogens with zero attached hydrogens (tertiary/aromatic N) is 2. The van der Waals surface area contributed by atoms with Crippen LogP contribution in [0.4, 0.5) is 26.2 Å². The molecule has 0 radical (unpaired) electrons. The third kappa shape index (κ3) is 5.98. The monoisotopic (exact) mass is 500 g/mol. The van der Waals surface area contributed by atoms with Crippen LogP contribution < -0.4 is 15.5 Å². The van der Waals surface area contributed by atoms with Crippen molar-refractivity contribution in [3.8, 4) is 0 Å². The van der Waals surface area contributed by atoms with E-state index in [0.717, 1.165) is 11.3 Å². The Morgan fingerprint density at radius 3 is 2.06 bits per heavy atom. The maximum absolute atomic E-state index is 13.1. The van der Waals surface area contributed by atoms with E-state index in [9.17, 15) is 14.0 Å². The summed E-state index contributed by atoms with van der Waals surface area (Å²) in [6, 6.07) is 18.0. The Kier molecular flexibility index (Phi) is 7.55. The van der Waals surface area contributed by atoms with Crippen molar-refractivity contribution in [3.63, 3.8) is 0 Å². The lowest BCUT2D eigenvalue weighted by molar-refractivity contribution is -0.130. The van der Waals surface area contributed by atoms with E-state index >= 15 is 0 Å². The molecule has 9 heteroatoms. The van der Waals surface area contributed by atoms with Gasteiger partial charge in [0, 0.05) is 37.6 Å². The van der Waals surface area contributed by atoms with Gasteiger partial charge in [0.25, 0.3) is 0 Å². The van der Waals surface area contributed by atoms with Crippen molar-refractivity contribution in [1.82, 2.24) is 4.90 Å². The van der Waals surface area contributed by atoms with E-state index in [0.29, 0.717) is 47.6 Å². The van der Waals surface area contributed by atoms with E-state index in [4.69, 9.17) is 23.2 Å². The van der Waals surface area contributed by atoms with Gasteiger partial charge in [-0.2, -0.15) is 0 Å². The lowest BCUT2D eigenvalue weighted by Crippen LogP contribution is -2.49. The number of urea groups is 1. The number of anilines is 3. The number of hydrogen-bond acceptors (Lipinski definition) is 3. The molecule has 1 aliphatic rings.